The highest BCUT2D eigenvalue weighted by Gasteiger charge is 2.41. The lowest BCUT2D eigenvalue weighted by Gasteiger charge is -2.22. The third-order valence-corrected chi connectivity index (χ3v) is 5.38. The fraction of sp³-hybridized carbons (Fsp3) is 0.684. The summed E-state index contributed by atoms with van der Waals surface area (Å²) >= 11 is 0. The lowest BCUT2D eigenvalue weighted by molar-refractivity contribution is -0.125. The van der Waals surface area contributed by atoms with Gasteiger partial charge in [-0.3, -0.25) is 14.4 Å². The molecule has 2 heterocycles. The van der Waals surface area contributed by atoms with Crippen LogP contribution in [0.1, 0.15) is 61.7 Å². The maximum Gasteiger partial charge on any atom is 0.276 e. The second kappa shape index (κ2) is 8.54. The maximum atomic E-state index is 12.8. The Balaban J connectivity index is 1.66. The Morgan fingerprint density at radius 3 is 2.67 bits per heavy atom. The lowest BCUT2D eigenvalue weighted by atomic mass is 10.0. The highest BCUT2D eigenvalue weighted by Crippen LogP contribution is 2.28. The van der Waals surface area contributed by atoms with Gasteiger partial charge in [-0.05, 0) is 39.0 Å². The summed E-state index contributed by atoms with van der Waals surface area (Å²) < 4.78 is 4.99. The molecule has 2 N–H and O–H groups in total. The van der Waals surface area contributed by atoms with Crippen molar-refractivity contribution >= 4 is 17.7 Å². The molecule has 2 atom stereocenters. The Bertz CT molecular complexity index is 696. The normalized spacial score (nSPS) is 22.8. The molecule has 27 heavy (non-hydrogen) atoms. The van der Waals surface area contributed by atoms with Crippen LogP contribution >= 0.6 is 0 Å². The first-order valence-corrected chi connectivity index (χ1v) is 9.79. The van der Waals surface area contributed by atoms with E-state index in [4.69, 9.17) is 4.52 Å². The van der Waals surface area contributed by atoms with Crippen molar-refractivity contribution in [3.05, 3.63) is 17.5 Å². The molecule has 1 aromatic rings. The van der Waals surface area contributed by atoms with Gasteiger partial charge < -0.3 is 20.1 Å². The predicted octanol–water partition coefficient (Wildman–Crippen LogP) is 1.40. The maximum absolute atomic E-state index is 12.8. The van der Waals surface area contributed by atoms with Crippen LogP contribution < -0.4 is 10.6 Å². The van der Waals surface area contributed by atoms with E-state index in [9.17, 15) is 14.4 Å². The molecular weight excluding hydrogens is 348 g/mol. The zero-order chi connectivity index (χ0) is 19.4. The standard InChI is InChI=1S/C19H28N4O4/c1-3-20-18(25)16-10-14(21-17(24)9-13-6-4-5-7-13)11-23(16)19(26)15-8-12(2)27-22-15/h8,13-14,16H,3-7,9-11H2,1-2H3,(H,20,25)(H,21,24)/t14-,16+/m1/s1. The van der Waals surface area contributed by atoms with Crippen molar-refractivity contribution in [2.24, 2.45) is 5.92 Å². The van der Waals surface area contributed by atoms with Crippen LogP contribution in [0, 0.1) is 12.8 Å². The number of amides is 3. The van der Waals surface area contributed by atoms with Gasteiger partial charge in [0, 0.05) is 31.6 Å². The minimum Gasteiger partial charge on any atom is -0.361 e. The summed E-state index contributed by atoms with van der Waals surface area (Å²) in [5.74, 6) is 0.442. The van der Waals surface area contributed by atoms with Crippen LogP contribution in [-0.4, -0.2) is 53.0 Å². The van der Waals surface area contributed by atoms with Gasteiger partial charge in [0.15, 0.2) is 5.69 Å². The molecule has 0 radical (unpaired) electrons. The summed E-state index contributed by atoms with van der Waals surface area (Å²) in [6, 6.07) is 0.707. The van der Waals surface area contributed by atoms with E-state index in [1.54, 1.807) is 13.0 Å². The summed E-state index contributed by atoms with van der Waals surface area (Å²) in [6.07, 6.45) is 5.54. The highest BCUT2D eigenvalue weighted by molar-refractivity contribution is 5.96. The number of carbonyl (C=O) groups is 3. The number of aryl methyl sites for hydroxylation is 1. The zero-order valence-corrected chi connectivity index (χ0v) is 16.0. The Hall–Kier alpha value is -2.38. The molecule has 8 heteroatoms. The molecular formula is C19H28N4O4. The SMILES string of the molecule is CCNC(=O)[C@@H]1C[C@@H](NC(=O)CC2CCCC2)CN1C(=O)c1cc(C)on1. The van der Waals surface area contributed by atoms with Gasteiger partial charge in [-0.15, -0.1) is 0 Å². The van der Waals surface area contributed by atoms with Crippen molar-refractivity contribution in [2.75, 3.05) is 13.1 Å². The minimum absolute atomic E-state index is 0.00753. The zero-order valence-electron chi connectivity index (χ0n) is 16.0. The Morgan fingerprint density at radius 1 is 1.30 bits per heavy atom. The van der Waals surface area contributed by atoms with Crippen LogP contribution in [-0.2, 0) is 9.59 Å². The molecule has 0 aromatic carbocycles. The minimum atomic E-state index is -0.619. The first-order chi connectivity index (χ1) is 13.0. The molecule has 2 aliphatic rings. The summed E-state index contributed by atoms with van der Waals surface area (Å²) in [6.45, 7) is 4.32. The van der Waals surface area contributed by atoms with Crippen molar-refractivity contribution in [3.8, 4) is 0 Å². The van der Waals surface area contributed by atoms with E-state index in [0.717, 1.165) is 12.8 Å². The fourth-order valence-electron chi connectivity index (χ4n) is 4.08. The molecule has 148 valence electrons. The third kappa shape index (κ3) is 4.67. The van der Waals surface area contributed by atoms with Crippen molar-refractivity contribution in [1.82, 2.24) is 20.7 Å². The number of rotatable bonds is 6. The van der Waals surface area contributed by atoms with E-state index < -0.39 is 6.04 Å². The Morgan fingerprint density at radius 2 is 2.04 bits per heavy atom. The number of aromatic nitrogens is 1. The molecule has 3 amide bonds. The quantitative estimate of drug-likeness (QED) is 0.781. The van der Waals surface area contributed by atoms with Crippen LogP contribution in [0.15, 0.2) is 10.6 Å². The molecule has 1 aromatic heterocycles. The van der Waals surface area contributed by atoms with E-state index in [-0.39, 0.29) is 29.5 Å². The molecule has 1 aliphatic carbocycles. The van der Waals surface area contributed by atoms with Crippen LogP contribution in [0.25, 0.3) is 0 Å². The van der Waals surface area contributed by atoms with Gasteiger partial charge in [0.2, 0.25) is 11.8 Å². The summed E-state index contributed by atoms with van der Waals surface area (Å²) in [5.41, 5.74) is 0.180. The number of hydrogen-bond acceptors (Lipinski definition) is 5. The second-order valence-electron chi connectivity index (χ2n) is 7.55. The average molecular weight is 376 g/mol. The van der Waals surface area contributed by atoms with Gasteiger partial charge in [0.25, 0.3) is 5.91 Å². The van der Waals surface area contributed by atoms with E-state index in [1.807, 2.05) is 6.92 Å². The molecule has 0 spiro atoms. The molecule has 0 unspecified atom stereocenters. The number of hydrogen-bond donors (Lipinski definition) is 2. The first-order valence-electron chi connectivity index (χ1n) is 9.79. The number of nitrogens with one attached hydrogen (secondary N) is 2. The number of likely N-dealkylation sites (tertiary alicyclic amines) is 1. The van der Waals surface area contributed by atoms with E-state index in [0.29, 0.717) is 37.6 Å². The predicted molar refractivity (Wildman–Crippen MR) is 97.9 cm³/mol. The number of nitrogens with zero attached hydrogens (tertiary/aromatic N) is 2. The van der Waals surface area contributed by atoms with E-state index in [1.165, 1.54) is 17.7 Å². The summed E-state index contributed by atoms with van der Waals surface area (Å²) in [7, 11) is 0. The number of likely N-dealkylation sites (N-methyl/N-ethyl adjacent to an activating group) is 1. The largest absolute Gasteiger partial charge is 0.361 e. The molecule has 1 aliphatic heterocycles. The van der Waals surface area contributed by atoms with Crippen LogP contribution in [0.2, 0.25) is 0 Å². The lowest BCUT2D eigenvalue weighted by Crippen LogP contribution is -2.46. The van der Waals surface area contributed by atoms with Gasteiger partial charge in [-0.1, -0.05) is 18.0 Å². The summed E-state index contributed by atoms with van der Waals surface area (Å²) in [4.78, 5) is 39.1. The van der Waals surface area contributed by atoms with Gasteiger partial charge >= 0.3 is 0 Å². The number of carbonyl (C=O) groups excluding carboxylic acids is 3. The molecule has 3 rings (SSSR count). The van der Waals surface area contributed by atoms with E-state index in [2.05, 4.69) is 15.8 Å². The van der Waals surface area contributed by atoms with E-state index >= 15 is 0 Å². The van der Waals surface area contributed by atoms with Gasteiger partial charge in [-0.25, -0.2) is 0 Å². The van der Waals surface area contributed by atoms with Gasteiger partial charge in [0.1, 0.15) is 11.8 Å². The second-order valence-corrected chi connectivity index (χ2v) is 7.55. The molecule has 8 nitrogen and oxygen atoms in total. The van der Waals surface area contributed by atoms with Crippen LogP contribution in [0.3, 0.4) is 0 Å². The summed E-state index contributed by atoms with van der Waals surface area (Å²) in [5, 5.41) is 9.56. The average Bonchev–Trinajstić information content (AvgIpc) is 3.35. The van der Waals surface area contributed by atoms with Gasteiger partial charge in [0.05, 0.1) is 0 Å². The fourth-order valence-corrected chi connectivity index (χ4v) is 4.08. The monoisotopic (exact) mass is 376 g/mol. The van der Waals surface area contributed by atoms with Crippen molar-refractivity contribution in [1.29, 1.82) is 0 Å². The molecule has 0 bridgehead atoms. The van der Waals surface area contributed by atoms with Crippen molar-refractivity contribution in [3.63, 3.8) is 0 Å². The third-order valence-electron chi connectivity index (χ3n) is 5.38. The molecule has 1 saturated carbocycles. The topological polar surface area (TPSA) is 105 Å². The van der Waals surface area contributed by atoms with Gasteiger partial charge in [-0.2, -0.15) is 0 Å². The highest BCUT2D eigenvalue weighted by atomic mass is 16.5. The molecule has 1 saturated heterocycles. The Kier molecular flexibility index (Phi) is 6.13. The first kappa shape index (κ1) is 19.4. The smallest absolute Gasteiger partial charge is 0.276 e. The Labute approximate surface area is 159 Å². The van der Waals surface area contributed by atoms with Crippen molar-refractivity contribution in [2.45, 2.75) is 64.5 Å². The van der Waals surface area contributed by atoms with Crippen LogP contribution in [0.5, 0.6) is 0 Å². The van der Waals surface area contributed by atoms with Crippen molar-refractivity contribution < 1.29 is 18.9 Å². The van der Waals surface area contributed by atoms with Crippen LogP contribution in [0.4, 0.5) is 0 Å². The molecule has 2 fully saturated rings.